The minimum Gasteiger partial charge on any atom is -0.381 e. The molecule has 2 rings (SSSR count). The van der Waals surface area contributed by atoms with Crippen molar-refractivity contribution in [2.24, 2.45) is 11.8 Å². The summed E-state index contributed by atoms with van der Waals surface area (Å²) in [5.74, 6) is 1.63. The Morgan fingerprint density at radius 1 is 1.32 bits per heavy atom. The SMILES string of the molecule is CCOC1(C(NC)C2CCCC(C)C2)CCOCC1. The van der Waals surface area contributed by atoms with Gasteiger partial charge in [0, 0.05) is 38.7 Å². The molecule has 112 valence electrons. The first-order chi connectivity index (χ1) is 9.22. The molecule has 2 fully saturated rings. The Hall–Kier alpha value is -0.120. The van der Waals surface area contributed by atoms with Crippen LogP contribution in [0.2, 0.25) is 0 Å². The normalized spacial score (nSPS) is 33.0. The molecule has 3 unspecified atom stereocenters. The fourth-order valence-electron chi connectivity index (χ4n) is 4.26. The van der Waals surface area contributed by atoms with E-state index >= 15 is 0 Å². The first-order valence-corrected chi connectivity index (χ1v) is 8.11. The summed E-state index contributed by atoms with van der Waals surface area (Å²) in [4.78, 5) is 0. The van der Waals surface area contributed by atoms with Crippen molar-refractivity contribution < 1.29 is 9.47 Å². The van der Waals surface area contributed by atoms with Crippen LogP contribution < -0.4 is 5.32 Å². The molecule has 2 aliphatic rings. The molecule has 1 heterocycles. The second kappa shape index (κ2) is 7.05. The van der Waals surface area contributed by atoms with Crippen LogP contribution in [0, 0.1) is 11.8 Å². The van der Waals surface area contributed by atoms with Crippen molar-refractivity contribution >= 4 is 0 Å². The molecule has 1 saturated carbocycles. The minimum atomic E-state index is 0.00345. The summed E-state index contributed by atoms with van der Waals surface area (Å²) in [6.45, 7) is 7.02. The Morgan fingerprint density at radius 2 is 2.05 bits per heavy atom. The molecule has 0 radical (unpaired) electrons. The smallest absolute Gasteiger partial charge is 0.0880 e. The van der Waals surface area contributed by atoms with Gasteiger partial charge in [-0.25, -0.2) is 0 Å². The van der Waals surface area contributed by atoms with E-state index in [1.807, 2.05) is 0 Å². The molecule has 0 aromatic rings. The second-order valence-electron chi connectivity index (χ2n) is 6.41. The number of hydrogen-bond acceptors (Lipinski definition) is 3. The molecule has 1 aliphatic heterocycles. The van der Waals surface area contributed by atoms with Crippen molar-refractivity contribution in [1.29, 1.82) is 0 Å². The standard InChI is InChI=1S/C16H31NO2/c1-4-19-16(8-10-18-11-9-16)15(17-3)14-7-5-6-13(2)12-14/h13-15,17H,4-12H2,1-3H3. The van der Waals surface area contributed by atoms with Gasteiger partial charge in [0.05, 0.1) is 5.60 Å². The van der Waals surface area contributed by atoms with Crippen LogP contribution in [-0.4, -0.2) is 38.5 Å². The lowest BCUT2D eigenvalue weighted by atomic mass is 9.71. The van der Waals surface area contributed by atoms with Crippen molar-refractivity contribution in [3.05, 3.63) is 0 Å². The lowest BCUT2D eigenvalue weighted by molar-refractivity contribution is -0.138. The summed E-state index contributed by atoms with van der Waals surface area (Å²) in [6.07, 6.45) is 7.56. The third-order valence-electron chi connectivity index (χ3n) is 5.10. The molecule has 3 atom stereocenters. The quantitative estimate of drug-likeness (QED) is 0.832. The van der Waals surface area contributed by atoms with E-state index in [2.05, 4.69) is 26.2 Å². The van der Waals surface area contributed by atoms with E-state index in [9.17, 15) is 0 Å². The molecule has 19 heavy (non-hydrogen) atoms. The number of ether oxygens (including phenoxy) is 2. The van der Waals surface area contributed by atoms with Gasteiger partial charge >= 0.3 is 0 Å². The average molecular weight is 269 g/mol. The zero-order chi connectivity index (χ0) is 13.7. The summed E-state index contributed by atoms with van der Waals surface area (Å²) in [5.41, 5.74) is 0.00345. The summed E-state index contributed by atoms with van der Waals surface area (Å²) < 4.78 is 11.8. The fourth-order valence-corrected chi connectivity index (χ4v) is 4.26. The molecule has 1 aliphatic carbocycles. The van der Waals surface area contributed by atoms with Crippen LogP contribution in [0.25, 0.3) is 0 Å². The number of nitrogens with one attached hydrogen (secondary N) is 1. The second-order valence-corrected chi connectivity index (χ2v) is 6.41. The van der Waals surface area contributed by atoms with Crippen LogP contribution in [0.15, 0.2) is 0 Å². The third-order valence-corrected chi connectivity index (χ3v) is 5.10. The highest BCUT2D eigenvalue weighted by molar-refractivity contribution is 4.99. The van der Waals surface area contributed by atoms with Gasteiger partial charge in [0.15, 0.2) is 0 Å². The van der Waals surface area contributed by atoms with Crippen molar-refractivity contribution in [3.8, 4) is 0 Å². The largest absolute Gasteiger partial charge is 0.381 e. The van der Waals surface area contributed by atoms with Crippen LogP contribution in [0.3, 0.4) is 0 Å². The molecule has 0 amide bonds. The number of likely N-dealkylation sites (N-methyl/N-ethyl adjacent to an activating group) is 1. The van der Waals surface area contributed by atoms with Gasteiger partial charge in [0.25, 0.3) is 0 Å². The van der Waals surface area contributed by atoms with E-state index < -0.39 is 0 Å². The summed E-state index contributed by atoms with van der Waals surface area (Å²) in [5, 5.41) is 3.61. The maximum atomic E-state index is 6.27. The molecule has 3 heteroatoms. The molecule has 1 saturated heterocycles. The molecular weight excluding hydrogens is 238 g/mol. The van der Waals surface area contributed by atoms with Crippen molar-refractivity contribution in [1.82, 2.24) is 5.32 Å². The predicted molar refractivity (Wildman–Crippen MR) is 78.4 cm³/mol. The molecule has 0 bridgehead atoms. The van der Waals surface area contributed by atoms with E-state index in [0.717, 1.165) is 44.5 Å². The first-order valence-electron chi connectivity index (χ1n) is 8.11. The van der Waals surface area contributed by atoms with Gasteiger partial charge in [0.2, 0.25) is 0 Å². The first kappa shape index (κ1) is 15.3. The Morgan fingerprint density at radius 3 is 2.63 bits per heavy atom. The highest BCUT2D eigenvalue weighted by Gasteiger charge is 2.44. The van der Waals surface area contributed by atoms with E-state index in [4.69, 9.17) is 9.47 Å². The maximum absolute atomic E-state index is 6.27. The van der Waals surface area contributed by atoms with Gasteiger partial charge < -0.3 is 14.8 Å². The zero-order valence-electron chi connectivity index (χ0n) is 12.9. The van der Waals surface area contributed by atoms with Gasteiger partial charge in [-0.15, -0.1) is 0 Å². The Bertz CT molecular complexity index is 258. The molecule has 0 spiro atoms. The van der Waals surface area contributed by atoms with Crippen LogP contribution in [0.5, 0.6) is 0 Å². The number of hydrogen-bond donors (Lipinski definition) is 1. The monoisotopic (exact) mass is 269 g/mol. The van der Waals surface area contributed by atoms with E-state index in [1.54, 1.807) is 0 Å². The Balaban J connectivity index is 2.11. The van der Waals surface area contributed by atoms with Gasteiger partial charge in [-0.05, 0) is 38.6 Å². The number of rotatable bonds is 5. The summed E-state index contributed by atoms with van der Waals surface area (Å²) >= 11 is 0. The van der Waals surface area contributed by atoms with Gasteiger partial charge in [-0.2, -0.15) is 0 Å². The molecular formula is C16H31NO2. The van der Waals surface area contributed by atoms with Crippen molar-refractivity contribution in [2.45, 2.75) is 64.0 Å². The lowest BCUT2D eigenvalue weighted by Crippen LogP contribution is -2.58. The van der Waals surface area contributed by atoms with Crippen LogP contribution in [-0.2, 0) is 9.47 Å². The van der Waals surface area contributed by atoms with Crippen molar-refractivity contribution in [2.75, 3.05) is 26.9 Å². The molecule has 0 aromatic carbocycles. The van der Waals surface area contributed by atoms with E-state index in [-0.39, 0.29) is 5.60 Å². The predicted octanol–water partition coefficient (Wildman–Crippen LogP) is 2.99. The van der Waals surface area contributed by atoms with Crippen LogP contribution >= 0.6 is 0 Å². The van der Waals surface area contributed by atoms with E-state index in [1.165, 1.54) is 25.7 Å². The minimum absolute atomic E-state index is 0.00345. The van der Waals surface area contributed by atoms with E-state index in [0.29, 0.717) is 6.04 Å². The lowest BCUT2D eigenvalue weighted by Gasteiger charge is -2.47. The Kier molecular flexibility index (Phi) is 5.67. The Labute approximate surface area is 118 Å². The molecule has 0 aromatic heterocycles. The third kappa shape index (κ3) is 3.50. The van der Waals surface area contributed by atoms with Crippen LogP contribution in [0.1, 0.15) is 52.4 Å². The molecule has 3 nitrogen and oxygen atoms in total. The molecule has 1 N–H and O–H groups in total. The van der Waals surface area contributed by atoms with Gasteiger partial charge in [0.1, 0.15) is 0 Å². The summed E-state index contributed by atoms with van der Waals surface area (Å²) in [6, 6.07) is 0.485. The van der Waals surface area contributed by atoms with Crippen molar-refractivity contribution in [3.63, 3.8) is 0 Å². The van der Waals surface area contributed by atoms with Crippen LogP contribution in [0.4, 0.5) is 0 Å². The zero-order valence-corrected chi connectivity index (χ0v) is 12.9. The topological polar surface area (TPSA) is 30.5 Å². The fraction of sp³-hybridized carbons (Fsp3) is 1.00. The summed E-state index contributed by atoms with van der Waals surface area (Å²) in [7, 11) is 2.11. The maximum Gasteiger partial charge on any atom is 0.0880 e. The highest BCUT2D eigenvalue weighted by atomic mass is 16.5. The highest BCUT2D eigenvalue weighted by Crippen LogP contribution is 2.39. The van der Waals surface area contributed by atoms with Gasteiger partial charge in [-0.1, -0.05) is 19.8 Å². The van der Waals surface area contributed by atoms with Gasteiger partial charge in [-0.3, -0.25) is 0 Å². The average Bonchev–Trinajstić information content (AvgIpc) is 2.41.